The van der Waals surface area contributed by atoms with Crippen molar-refractivity contribution in [2.75, 3.05) is 0 Å². The van der Waals surface area contributed by atoms with Crippen LogP contribution in [0.4, 0.5) is 13.2 Å². The van der Waals surface area contributed by atoms with Gasteiger partial charge in [-0.3, -0.25) is 0 Å². The van der Waals surface area contributed by atoms with Gasteiger partial charge in [-0.2, -0.15) is 18.4 Å². The second-order valence-corrected chi connectivity index (χ2v) is 2.55. The first-order chi connectivity index (χ1) is 6.46. The first kappa shape index (κ1) is 10.3. The standard InChI is InChI=1S/C8H6F3N3/c1-14-5-4-13-7(14)6(2-3-12)8(9,10)11/h2,4-5H,1H3/b6-2-. The highest BCUT2D eigenvalue weighted by atomic mass is 19.4. The fraction of sp³-hybridized carbons (Fsp3) is 0.250. The minimum atomic E-state index is -4.56. The van der Waals surface area contributed by atoms with Crippen molar-refractivity contribution in [3.05, 3.63) is 24.3 Å². The van der Waals surface area contributed by atoms with Gasteiger partial charge in [0.15, 0.2) is 0 Å². The van der Waals surface area contributed by atoms with E-state index in [1.165, 1.54) is 30.1 Å². The number of hydrogen-bond acceptors (Lipinski definition) is 2. The SMILES string of the molecule is Cn1ccnc1/C(=C/C#N)C(F)(F)F. The van der Waals surface area contributed by atoms with E-state index in [1.54, 1.807) is 0 Å². The summed E-state index contributed by atoms with van der Waals surface area (Å²) in [7, 11) is 1.43. The zero-order chi connectivity index (χ0) is 10.8. The van der Waals surface area contributed by atoms with Gasteiger partial charge in [-0.05, 0) is 0 Å². The summed E-state index contributed by atoms with van der Waals surface area (Å²) in [6.07, 6.45) is -1.49. The Morgan fingerprint density at radius 3 is 2.64 bits per heavy atom. The van der Waals surface area contributed by atoms with E-state index in [4.69, 9.17) is 5.26 Å². The maximum absolute atomic E-state index is 12.4. The molecule has 74 valence electrons. The van der Waals surface area contributed by atoms with Crippen molar-refractivity contribution in [2.45, 2.75) is 6.18 Å². The molecule has 1 aromatic rings. The number of allylic oxidation sites excluding steroid dienone is 2. The molecule has 0 N–H and O–H groups in total. The van der Waals surface area contributed by atoms with E-state index in [0.717, 1.165) is 0 Å². The third-order valence-electron chi connectivity index (χ3n) is 1.58. The van der Waals surface area contributed by atoms with E-state index in [0.29, 0.717) is 6.08 Å². The van der Waals surface area contributed by atoms with Crippen LogP contribution in [0.2, 0.25) is 0 Å². The summed E-state index contributed by atoms with van der Waals surface area (Å²) in [5, 5.41) is 8.23. The molecule has 14 heavy (non-hydrogen) atoms. The van der Waals surface area contributed by atoms with Crippen LogP contribution in [-0.4, -0.2) is 15.7 Å². The molecule has 0 aliphatic heterocycles. The number of rotatable bonds is 1. The smallest absolute Gasteiger partial charge is 0.334 e. The van der Waals surface area contributed by atoms with Crippen molar-refractivity contribution in [1.82, 2.24) is 9.55 Å². The molecule has 6 heteroatoms. The van der Waals surface area contributed by atoms with E-state index in [1.807, 2.05) is 0 Å². The third kappa shape index (κ3) is 1.93. The molecule has 0 spiro atoms. The Bertz CT molecular complexity index is 395. The van der Waals surface area contributed by atoms with Crippen molar-refractivity contribution < 1.29 is 13.2 Å². The van der Waals surface area contributed by atoms with E-state index < -0.39 is 11.7 Å². The number of halogens is 3. The monoisotopic (exact) mass is 201 g/mol. The molecule has 0 radical (unpaired) electrons. The highest BCUT2D eigenvalue weighted by molar-refractivity contribution is 5.66. The summed E-state index contributed by atoms with van der Waals surface area (Å²) in [5.74, 6) is -0.265. The second-order valence-electron chi connectivity index (χ2n) is 2.55. The van der Waals surface area contributed by atoms with Crippen molar-refractivity contribution in [3.63, 3.8) is 0 Å². The van der Waals surface area contributed by atoms with Gasteiger partial charge in [0.25, 0.3) is 0 Å². The van der Waals surface area contributed by atoms with Crippen molar-refractivity contribution in [1.29, 1.82) is 5.26 Å². The first-order valence-corrected chi connectivity index (χ1v) is 3.61. The van der Waals surface area contributed by atoms with Crippen LogP contribution in [0.1, 0.15) is 5.82 Å². The van der Waals surface area contributed by atoms with Gasteiger partial charge in [-0.25, -0.2) is 4.98 Å². The largest absolute Gasteiger partial charge is 0.420 e. The summed E-state index contributed by atoms with van der Waals surface area (Å²) in [6, 6.07) is 1.35. The molecule has 0 aliphatic carbocycles. The zero-order valence-electron chi connectivity index (χ0n) is 7.21. The molecule has 1 heterocycles. The predicted molar refractivity (Wildman–Crippen MR) is 42.9 cm³/mol. The summed E-state index contributed by atoms with van der Waals surface area (Å²) < 4.78 is 38.3. The molecule has 0 unspecified atom stereocenters. The van der Waals surface area contributed by atoms with Gasteiger partial charge in [-0.1, -0.05) is 0 Å². The van der Waals surface area contributed by atoms with Gasteiger partial charge in [0.2, 0.25) is 0 Å². The lowest BCUT2D eigenvalue weighted by Crippen LogP contribution is -2.14. The number of aryl methyl sites for hydroxylation is 1. The Kier molecular flexibility index (Phi) is 2.60. The maximum Gasteiger partial charge on any atom is 0.420 e. The highest BCUT2D eigenvalue weighted by Gasteiger charge is 2.36. The van der Waals surface area contributed by atoms with Crippen LogP contribution in [-0.2, 0) is 7.05 Å². The summed E-state index contributed by atoms with van der Waals surface area (Å²) >= 11 is 0. The van der Waals surface area contributed by atoms with E-state index in [-0.39, 0.29) is 5.82 Å². The van der Waals surface area contributed by atoms with E-state index in [9.17, 15) is 13.2 Å². The van der Waals surface area contributed by atoms with Crippen molar-refractivity contribution >= 4 is 5.57 Å². The van der Waals surface area contributed by atoms with Crippen LogP contribution in [0, 0.1) is 11.3 Å². The average Bonchev–Trinajstić information content (AvgIpc) is 2.45. The minimum Gasteiger partial charge on any atom is -0.334 e. The molecule has 0 saturated carbocycles. The predicted octanol–water partition coefficient (Wildman–Crippen LogP) is 1.89. The number of aromatic nitrogens is 2. The van der Waals surface area contributed by atoms with Crippen LogP contribution in [0.25, 0.3) is 5.57 Å². The fourth-order valence-electron chi connectivity index (χ4n) is 0.963. The topological polar surface area (TPSA) is 41.6 Å². The number of imidazole rings is 1. The van der Waals surface area contributed by atoms with Gasteiger partial charge < -0.3 is 4.57 Å². The lowest BCUT2D eigenvalue weighted by Gasteiger charge is -2.09. The van der Waals surface area contributed by atoms with Gasteiger partial charge in [0, 0.05) is 25.5 Å². The van der Waals surface area contributed by atoms with Crippen LogP contribution in [0.3, 0.4) is 0 Å². The van der Waals surface area contributed by atoms with Gasteiger partial charge in [0.05, 0.1) is 6.07 Å². The van der Waals surface area contributed by atoms with Crippen molar-refractivity contribution in [3.8, 4) is 6.07 Å². The molecule has 0 atom stereocenters. The highest BCUT2D eigenvalue weighted by Crippen LogP contribution is 2.32. The number of alkyl halides is 3. The van der Waals surface area contributed by atoms with Gasteiger partial charge in [-0.15, -0.1) is 0 Å². The molecule has 0 amide bonds. The number of hydrogen-bond donors (Lipinski definition) is 0. The maximum atomic E-state index is 12.4. The van der Waals surface area contributed by atoms with Crippen LogP contribution in [0.5, 0.6) is 0 Å². The molecule has 0 aliphatic rings. The molecule has 3 nitrogen and oxygen atoms in total. The molecule has 1 aromatic heterocycles. The Morgan fingerprint density at radius 2 is 2.29 bits per heavy atom. The van der Waals surface area contributed by atoms with Crippen LogP contribution >= 0.6 is 0 Å². The zero-order valence-corrected chi connectivity index (χ0v) is 7.21. The van der Waals surface area contributed by atoms with Crippen LogP contribution < -0.4 is 0 Å². The summed E-state index contributed by atoms with van der Waals surface area (Å²) in [5.41, 5.74) is -1.03. The lowest BCUT2D eigenvalue weighted by molar-refractivity contribution is -0.0695. The lowest BCUT2D eigenvalue weighted by atomic mass is 10.2. The second kappa shape index (κ2) is 3.54. The first-order valence-electron chi connectivity index (χ1n) is 3.61. The summed E-state index contributed by atoms with van der Waals surface area (Å²) in [6.45, 7) is 0. The van der Waals surface area contributed by atoms with E-state index >= 15 is 0 Å². The Morgan fingerprint density at radius 1 is 1.64 bits per heavy atom. The fourth-order valence-corrected chi connectivity index (χ4v) is 0.963. The Hall–Kier alpha value is -1.77. The van der Waals surface area contributed by atoms with Crippen LogP contribution in [0.15, 0.2) is 18.5 Å². The van der Waals surface area contributed by atoms with Crippen molar-refractivity contribution in [2.24, 2.45) is 7.05 Å². The average molecular weight is 201 g/mol. The Labute approximate surface area is 78.1 Å². The quantitative estimate of drug-likeness (QED) is 0.651. The molecule has 0 aromatic carbocycles. The molecular weight excluding hydrogens is 195 g/mol. The number of nitriles is 1. The molecule has 1 rings (SSSR count). The number of nitrogens with zero attached hydrogens (tertiary/aromatic N) is 3. The molecule has 0 saturated heterocycles. The normalized spacial score (nSPS) is 12.6. The summed E-state index contributed by atoms with van der Waals surface area (Å²) in [4.78, 5) is 3.52. The van der Waals surface area contributed by atoms with Gasteiger partial charge in [0.1, 0.15) is 11.4 Å². The molecule has 0 bridgehead atoms. The van der Waals surface area contributed by atoms with E-state index in [2.05, 4.69) is 4.98 Å². The molecular formula is C8H6F3N3. The third-order valence-corrected chi connectivity index (χ3v) is 1.58. The van der Waals surface area contributed by atoms with Gasteiger partial charge >= 0.3 is 6.18 Å². The Balaban J connectivity index is 3.23. The minimum absolute atomic E-state index is 0.265. The molecule has 0 fully saturated rings.